The summed E-state index contributed by atoms with van der Waals surface area (Å²) in [6.45, 7) is 5.02. The van der Waals surface area contributed by atoms with Gasteiger partial charge in [0, 0.05) is 34.2 Å². The van der Waals surface area contributed by atoms with E-state index in [1.807, 2.05) is 0 Å². The Morgan fingerprint density at radius 3 is 2.71 bits per heavy atom. The third kappa shape index (κ3) is 4.17. The van der Waals surface area contributed by atoms with Gasteiger partial charge in [0.05, 0.1) is 6.54 Å². The number of benzene rings is 1. The standard InChI is InChI=1S/C17H15ClFN3O2/c1-11(2)21-16(12-5-4-8-20-9-12)22(17(23)24)10-13-14(18)6-3-7-15(13)19/h3-9H,1,10H2,2H3,(H,23,24). The predicted octanol–water partition coefficient (Wildman–Crippen LogP) is 4.33. The number of carboxylic acid groups (broad SMARTS) is 1. The number of hydrogen-bond acceptors (Lipinski definition) is 3. The Bertz CT molecular complexity index is 773. The summed E-state index contributed by atoms with van der Waals surface area (Å²) >= 11 is 6.01. The van der Waals surface area contributed by atoms with E-state index in [9.17, 15) is 14.3 Å². The van der Waals surface area contributed by atoms with E-state index in [4.69, 9.17) is 11.6 Å². The molecule has 0 spiro atoms. The van der Waals surface area contributed by atoms with E-state index >= 15 is 0 Å². The van der Waals surface area contributed by atoms with Crippen LogP contribution >= 0.6 is 11.6 Å². The monoisotopic (exact) mass is 347 g/mol. The number of amides is 1. The van der Waals surface area contributed by atoms with E-state index in [0.717, 1.165) is 4.90 Å². The molecule has 2 aromatic rings. The van der Waals surface area contributed by atoms with E-state index in [1.165, 1.54) is 24.4 Å². The van der Waals surface area contributed by atoms with E-state index < -0.39 is 11.9 Å². The molecule has 1 N–H and O–H groups in total. The van der Waals surface area contributed by atoms with Crippen LogP contribution in [0, 0.1) is 5.82 Å². The van der Waals surface area contributed by atoms with Gasteiger partial charge in [-0.2, -0.15) is 0 Å². The zero-order chi connectivity index (χ0) is 17.7. The van der Waals surface area contributed by atoms with Crippen molar-refractivity contribution in [3.8, 4) is 0 Å². The van der Waals surface area contributed by atoms with E-state index in [-0.39, 0.29) is 23.0 Å². The van der Waals surface area contributed by atoms with E-state index in [0.29, 0.717) is 11.3 Å². The molecule has 0 radical (unpaired) electrons. The number of halogens is 2. The first-order valence-electron chi connectivity index (χ1n) is 6.98. The van der Waals surface area contributed by atoms with Gasteiger partial charge in [0.1, 0.15) is 11.7 Å². The number of pyridine rings is 1. The summed E-state index contributed by atoms with van der Waals surface area (Å²) in [5, 5.41) is 9.73. The highest BCUT2D eigenvalue weighted by Gasteiger charge is 2.23. The van der Waals surface area contributed by atoms with Crippen LogP contribution in [0.1, 0.15) is 18.1 Å². The highest BCUT2D eigenvalue weighted by atomic mass is 35.5. The molecule has 1 aromatic heterocycles. The number of aromatic nitrogens is 1. The zero-order valence-electron chi connectivity index (χ0n) is 12.9. The van der Waals surface area contributed by atoms with Gasteiger partial charge in [-0.15, -0.1) is 0 Å². The van der Waals surface area contributed by atoms with Gasteiger partial charge in [0.15, 0.2) is 0 Å². The SMILES string of the molecule is C=C(C)N=C(c1cccnc1)N(Cc1c(F)cccc1Cl)C(=O)O. The van der Waals surface area contributed by atoms with Crippen LogP contribution in [0.4, 0.5) is 9.18 Å². The third-order valence-corrected chi connectivity index (χ3v) is 3.44. The quantitative estimate of drug-likeness (QED) is 0.661. The molecule has 24 heavy (non-hydrogen) atoms. The first-order chi connectivity index (χ1) is 11.4. The summed E-state index contributed by atoms with van der Waals surface area (Å²) in [4.78, 5) is 20.8. The lowest BCUT2D eigenvalue weighted by atomic mass is 10.1. The van der Waals surface area contributed by atoms with Crippen molar-refractivity contribution in [2.24, 2.45) is 4.99 Å². The number of hydrogen-bond donors (Lipinski definition) is 1. The molecular weight excluding hydrogens is 333 g/mol. The van der Waals surface area contributed by atoms with Gasteiger partial charge >= 0.3 is 6.09 Å². The second kappa shape index (κ2) is 7.70. The van der Waals surface area contributed by atoms with Crippen molar-refractivity contribution in [2.45, 2.75) is 13.5 Å². The molecule has 5 nitrogen and oxygen atoms in total. The van der Waals surface area contributed by atoms with Gasteiger partial charge in [-0.05, 0) is 31.2 Å². The zero-order valence-corrected chi connectivity index (χ0v) is 13.7. The van der Waals surface area contributed by atoms with Crippen LogP contribution in [0.3, 0.4) is 0 Å². The van der Waals surface area contributed by atoms with Gasteiger partial charge in [0.25, 0.3) is 0 Å². The van der Waals surface area contributed by atoms with Crippen molar-refractivity contribution in [1.82, 2.24) is 9.88 Å². The lowest BCUT2D eigenvalue weighted by Gasteiger charge is -2.22. The molecule has 0 aliphatic carbocycles. The van der Waals surface area contributed by atoms with Crippen LogP contribution in [0.15, 0.2) is 60.0 Å². The van der Waals surface area contributed by atoms with Gasteiger partial charge in [-0.25, -0.2) is 14.2 Å². The molecule has 0 aliphatic rings. The lowest BCUT2D eigenvalue weighted by Crippen LogP contribution is -2.36. The number of aliphatic imine (C=N–C) groups is 1. The Hall–Kier alpha value is -2.73. The first kappa shape index (κ1) is 17.6. The molecule has 0 aliphatic heterocycles. The normalized spacial score (nSPS) is 11.2. The summed E-state index contributed by atoms with van der Waals surface area (Å²) in [5.74, 6) is -0.489. The second-order valence-electron chi connectivity index (χ2n) is 4.98. The molecule has 0 bridgehead atoms. The third-order valence-electron chi connectivity index (χ3n) is 3.08. The van der Waals surface area contributed by atoms with Crippen LogP contribution in [-0.4, -0.2) is 26.9 Å². The van der Waals surface area contributed by atoms with Gasteiger partial charge in [0.2, 0.25) is 0 Å². The summed E-state index contributed by atoms with van der Waals surface area (Å²) in [7, 11) is 0. The Kier molecular flexibility index (Phi) is 5.65. The molecule has 1 amide bonds. The Morgan fingerprint density at radius 1 is 1.42 bits per heavy atom. The molecule has 1 heterocycles. The van der Waals surface area contributed by atoms with Crippen LogP contribution in [0.2, 0.25) is 5.02 Å². The topological polar surface area (TPSA) is 65.8 Å². The van der Waals surface area contributed by atoms with E-state index in [2.05, 4.69) is 16.6 Å². The average Bonchev–Trinajstić information content (AvgIpc) is 2.53. The maximum Gasteiger partial charge on any atom is 0.413 e. The van der Waals surface area contributed by atoms with Gasteiger partial charge in [-0.3, -0.25) is 9.88 Å². The molecule has 0 unspecified atom stereocenters. The fourth-order valence-corrected chi connectivity index (χ4v) is 2.25. The van der Waals surface area contributed by atoms with Crippen molar-refractivity contribution in [2.75, 3.05) is 0 Å². The molecule has 124 valence electrons. The highest BCUT2D eigenvalue weighted by molar-refractivity contribution is 6.31. The van der Waals surface area contributed by atoms with Crippen molar-refractivity contribution < 1.29 is 14.3 Å². The minimum Gasteiger partial charge on any atom is -0.465 e. The Labute approximate surface area is 143 Å². The highest BCUT2D eigenvalue weighted by Crippen LogP contribution is 2.22. The fourth-order valence-electron chi connectivity index (χ4n) is 2.03. The number of nitrogens with zero attached hydrogens (tertiary/aromatic N) is 3. The summed E-state index contributed by atoms with van der Waals surface area (Å²) in [6, 6.07) is 7.49. The largest absolute Gasteiger partial charge is 0.465 e. The van der Waals surface area contributed by atoms with Crippen LogP contribution in [0.5, 0.6) is 0 Å². The first-order valence-corrected chi connectivity index (χ1v) is 7.36. The maximum atomic E-state index is 14.0. The molecule has 2 rings (SSSR count). The Morgan fingerprint density at radius 2 is 2.17 bits per heavy atom. The fraction of sp³-hybridized carbons (Fsp3) is 0.118. The minimum absolute atomic E-state index is 0.0693. The van der Waals surface area contributed by atoms with Gasteiger partial charge in [-0.1, -0.05) is 24.2 Å². The van der Waals surface area contributed by atoms with Crippen LogP contribution in [0.25, 0.3) is 0 Å². The molecule has 0 saturated carbocycles. The molecule has 0 fully saturated rings. The van der Waals surface area contributed by atoms with E-state index in [1.54, 1.807) is 25.3 Å². The summed E-state index contributed by atoms with van der Waals surface area (Å²) in [6.07, 6.45) is 1.74. The van der Waals surface area contributed by atoms with Gasteiger partial charge < -0.3 is 5.11 Å². The summed E-state index contributed by atoms with van der Waals surface area (Å²) in [5.41, 5.74) is 0.940. The van der Waals surface area contributed by atoms with Crippen LogP contribution < -0.4 is 0 Å². The molecule has 0 saturated heterocycles. The van der Waals surface area contributed by atoms with Crippen molar-refractivity contribution in [3.05, 3.63) is 77.0 Å². The lowest BCUT2D eigenvalue weighted by molar-refractivity contribution is 0.167. The number of allylic oxidation sites excluding steroid dienone is 1. The minimum atomic E-state index is -1.29. The molecule has 7 heteroatoms. The Balaban J connectivity index is 2.51. The predicted molar refractivity (Wildman–Crippen MR) is 90.6 cm³/mol. The van der Waals surface area contributed by atoms with Crippen molar-refractivity contribution in [1.29, 1.82) is 0 Å². The second-order valence-corrected chi connectivity index (χ2v) is 5.39. The van der Waals surface area contributed by atoms with Crippen molar-refractivity contribution in [3.63, 3.8) is 0 Å². The smallest absolute Gasteiger partial charge is 0.413 e. The molecule has 1 aromatic carbocycles. The summed E-state index contributed by atoms with van der Waals surface area (Å²) < 4.78 is 14.0. The number of rotatable bonds is 4. The maximum absolute atomic E-state index is 14.0. The van der Waals surface area contributed by atoms with Crippen LogP contribution in [-0.2, 0) is 6.54 Å². The molecular formula is C17H15ClFN3O2. The van der Waals surface area contributed by atoms with Crippen molar-refractivity contribution >= 4 is 23.5 Å². The number of carbonyl (C=O) groups is 1. The number of amidine groups is 1. The molecule has 0 atom stereocenters. The average molecular weight is 348 g/mol.